The number of methoxy groups -OCH3 is 1. The van der Waals surface area contributed by atoms with Gasteiger partial charge in [0.25, 0.3) is 5.56 Å². The van der Waals surface area contributed by atoms with E-state index in [1.54, 1.807) is 31.5 Å². The molecule has 0 radical (unpaired) electrons. The molecule has 16 heavy (non-hydrogen) atoms. The fourth-order valence-electron chi connectivity index (χ4n) is 1.69. The van der Waals surface area contributed by atoms with E-state index in [0.717, 1.165) is 18.5 Å². The van der Waals surface area contributed by atoms with E-state index in [-0.39, 0.29) is 5.56 Å². The van der Waals surface area contributed by atoms with Gasteiger partial charge in [-0.3, -0.25) is 9.20 Å². The van der Waals surface area contributed by atoms with Crippen LogP contribution in [0.4, 0.5) is 0 Å². The van der Waals surface area contributed by atoms with Crippen molar-refractivity contribution < 1.29 is 4.74 Å². The first kappa shape index (κ1) is 10.7. The third kappa shape index (κ3) is 1.78. The lowest BCUT2D eigenvalue weighted by molar-refractivity contribution is 0.416. The lowest BCUT2D eigenvalue weighted by Crippen LogP contribution is -2.15. The van der Waals surface area contributed by atoms with E-state index in [4.69, 9.17) is 4.74 Å². The molecule has 0 N–H and O–H groups in total. The van der Waals surface area contributed by atoms with E-state index in [0.29, 0.717) is 11.4 Å². The SMILES string of the molecule is CCCc1cc(=O)n2cccc(OC)c2n1. The molecule has 0 amide bonds. The molecule has 2 aromatic heterocycles. The average molecular weight is 218 g/mol. The highest BCUT2D eigenvalue weighted by molar-refractivity contribution is 5.53. The summed E-state index contributed by atoms with van der Waals surface area (Å²) in [4.78, 5) is 16.2. The van der Waals surface area contributed by atoms with Crippen LogP contribution in [0.15, 0.2) is 29.2 Å². The van der Waals surface area contributed by atoms with Gasteiger partial charge in [-0.1, -0.05) is 13.3 Å². The number of aryl methyl sites for hydroxylation is 1. The van der Waals surface area contributed by atoms with Gasteiger partial charge in [-0.15, -0.1) is 0 Å². The molecule has 0 spiro atoms. The van der Waals surface area contributed by atoms with Crippen molar-refractivity contribution in [2.45, 2.75) is 19.8 Å². The van der Waals surface area contributed by atoms with E-state index in [1.165, 1.54) is 4.40 Å². The van der Waals surface area contributed by atoms with Gasteiger partial charge >= 0.3 is 0 Å². The summed E-state index contributed by atoms with van der Waals surface area (Å²) in [6, 6.07) is 5.15. The normalized spacial score (nSPS) is 10.6. The van der Waals surface area contributed by atoms with Crippen LogP contribution in [0.5, 0.6) is 5.75 Å². The molecule has 0 saturated heterocycles. The maximum absolute atomic E-state index is 11.8. The fraction of sp³-hybridized carbons (Fsp3) is 0.333. The van der Waals surface area contributed by atoms with Gasteiger partial charge in [0, 0.05) is 18.0 Å². The topological polar surface area (TPSA) is 43.6 Å². The first-order chi connectivity index (χ1) is 7.76. The van der Waals surface area contributed by atoms with Gasteiger partial charge in [0.05, 0.1) is 7.11 Å². The standard InChI is InChI=1S/C12H14N2O2/c1-3-5-9-8-11(15)14-7-4-6-10(16-2)12(14)13-9/h4,6-8H,3,5H2,1-2H3. The van der Waals surface area contributed by atoms with Gasteiger partial charge in [-0.2, -0.15) is 0 Å². The first-order valence-electron chi connectivity index (χ1n) is 5.31. The number of nitrogens with zero attached hydrogens (tertiary/aromatic N) is 2. The van der Waals surface area contributed by atoms with Crippen LogP contribution in [-0.2, 0) is 6.42 Å². The van der Waals surface area contributed by atoms with Crippen molar-refractivity contribution in [1.82, 2.24) is 9.38 Å². The molecule has 2 aromatic rings. The lowest BCUT2D eigenvalue weighted by Gasteiger charge is -2.06. The quantitative estimate of drug-likeness (QED) is 0.786. The molecule has 2 heterocycles. The van der Waals surface area contributed by atoms with Crippen molar-refractivity contribution >= 4 is 5.65 Å². The van der Waals surface area contributed by atoms with Crippen molar-refractivity contribution in [2.24, 2.45) is 0 Å². The second kappa shape index (κ2) is 4.35. The minimum absolute atomic E-state index is 0.0626. The Morgan fingerprint density at radius 3 is 3.00 bits per heavy atom. The van der Waals surface area contributed by atoms with Crippen molar-refractivity contribution in [2.75, 3.05) is 7.11 Å². The van der Waals surface area contributed by atoms with Crippen molar-refractivity contribution in [1.29, 1.82) is 0 Å². The number of aromatic nitrogens is 2. The predicted octanol–water partition coefficient (Wildman–Crippen LogP) is 1.66. The zero-order chi connectivity index (χ0) is 11.5. The number of hydrogen-bond acceptors (Lipinski definition) is 3. The zero-order valence-electron chi connectivity index (χ0n) is 9.43. The maximum Gasteiger partial charge on any atom is 0.258 e. The van der Waals surface area contributed by atoms with Gasteiger partial charge in [0.2, 0.25) is 0 Å². The van der Waals surface area contributed by atoms with Crippen LogP contribution in [0.3, 0.4) is 0 Å². The molecular weight excluding hydrogens is 204 g/mol. The number of ether oxygens (including phenoxy) is 1. The van der Waals surface area contributed by atoms with Crippen molar-refractivity contribution in [3.05, 3.63) is 40.4 Å². The van der Waals surface area contributed by atoms with Crippen LogP contribution in [0.25, 0.3) is 5.65 Å². The number of rotatable bonds is 3. The number of fused-ring (bicyclic) bond motifs is 1. The third-order valence-electron chi connectivity index (χ3n) is 2.43. The summed E-state index contributed by atoms with van der Waals surface area (Å²) in [5.41, 5.74) is 1.34. The highest BCUT2D eigenvalue weighted by Crippen LogP contribution is 2.15. The minimum Gasteiger partial charge on any atom is -0.493 e. The maximum atomic E-state index is 11.8. The summed E-state index contributed by atoms with van der Waals surface area (Å²) in [6.45, 7) is 2.06. The van der Waals surface area contributed by atoms with E-state index in [9.17, 15) is 4.79 Å². The van der Waals surface area contributed by atoms with Crippen LogP contribution in [0.1, 0.15) is 19.0 Å². The second-order valence-corrected chi connectivity index (χ2v) is 3.61. The molecule has 4 nitrogen and oxygen atoms in total. The smallest absolute Gasteiger partial charge is 0.258 e. The number of pyridine rings is 1. The van der Waals surface area contributed by atoms with E-state index >= 15 is 0 Å². The minimum atomic E-state index is -0.0626. The monoisotopic (exact) mass is 218 g/mol. The average Bonchev–Trinajstić information content (AvgIpc) is 2.29. The Bertz CT molecular complexity index is 560. The molecule has 2 rings (SSSR count). The number of hydrogen-bond donors (Lipinski definition) is 0. The Kier molecular flexibility index (Phi) is 2.90. The second-order valence-electron chi connectivity index (χ2n) is 3.61. The van der Waals surface area contributed by atoms with E-state index < -0.39 is 0 Å². The van der Waals surface area contributed by atoms with Crippen molar-refractivity contribution in [3.63, 3.8) is 0 Å². The molecule has 0 bridgehead atoms. The predicted molar refractivity (Wildman–Crippen MR) is 62.0 cm³/mol. The van der Waals surface area contributed by atoms with E-state index in [2.05, 4.69) is 11.9 Å². The first-order valence-corrected chi connectivity index (χ1v) is 5.31. The van der Waals surface area contributed by atoms with Crippen molar-refractivity contribution in [3.8, 4) is 5.75 Å². The molecule has 0 atom stereocenters. The van der Waals surface area contributed by atoms with Crippen LogP contribution < -0.4 is 10.3 Å². The fourth-order valence-corrected chi connectivity index (χ4v) is 1.69. The van der Waals surface area contributed by atoms with Crippen LogP contribution in [0, 0.1) is 0 Å². The molecule has 4 heteroatoms. The van der Waals surface area contributed by atoms with E-state index in [1.807, 2.05) is 0 Å². The lowest BCUT2D eigenvalue weighted by atomic mass is 10.2. The Morgan fingerprint density at radius 1 is 1.50 bits per heavy atom. The molecule has 0 aliphatic heterocycles. The van der Waals surface area contributed by atoms with Gasteiger partial charge in [0.15, 0.2) is 11.4 Å². The summed E-state index contributed by atoms with van der Waals surface area (Å²) in [6.07, 6.45) is 3.48. The van der Waals surface area contributed by atoms with Gasteiger partial charge < -0.3 is 4.74 Å². The van der Waals surface area contributed by atoms with Gasteiger partial charge in [-0.25, -0.2) is 4.98 Å². The molecule has 0 fully saturated rings. The molecule has 0 aliphatic carbocycles. The third-order valence-corrected chi connectivity index (χ3v) is 2.43. The Labute approximate surface area is 93.5 Å². The van der Waals surface area contributed by atoms with Crippen LogP contribution in [0.2, 0.25) is 0 Å². The molecule has 0 aliphatic rings. The van der Waals surface area contributed by atoms with Gasteiger partial charge in [0.1, 0.15) is 0 Å². The summed E-state index contributed by atoms with van der Waals surface area (Å²) in [5, 5.41) is 0. The van der Waals surface area contributed by atoms with Crippen LogP contribution in [-0.4, -0.2) is 16.5 Å². The Morgan fingerprint density at radius 2 is 2.31 bits per heavy atom. The summed E-state index contributed by atoms with van der Waals surface area (Å²) < 4.78 is 6.69. The highest BCUT2D eigenvalue weighted by atomic mass is 16.5. The molecule has 0 saturated carbocycles. The molecular formula is C12H14N2O2. The van der Waals surface area contributed by atoms with Crippen LogP contribution >= 0.6 is 0 Å². The summed E-state index contributed by atoms with van der Waals surface area (Å²) in [5.74, 6) is 0.623. The Balaban J connectivity index is 2.72. The zero-order valence-corrected chi connectivity index (χ0v) is 9.43. The molecule has 0 unspecified atom stereocenters. The largest absolute Gasteiger partial charge is 0.493 e. The molecule has 0 aromatic carbocycles. The summed E-state index contributed by atoms with van der Waals surface area (Å²) >= 11 is 0. The highest BCUT2D eigenvalue weighted by Gasteiger charge is 2.06. The van der Waals surface area contributed by atoms with Gasteiger partial charge in [-0.05, 0) is 18.6 Å². The summed E-state index contributed by atoms with van der Waals surface area (Å²) in [7, 11) is 1.58. The molecule has 84 valence electrons. The Hall–Kier alpha value is -1.84.